The molecule has 1 heterocycles. The zero-order valence-electron chi connectivity index (χ0n) is 10.8. The Kier molecular flexibility index (Phi) is 4.78. The number of carbonyl (C=O) groups excluding carboxylic acids is 2. The van der Waals surface area contributed by atoms with Gasteiger partial charge in [0.1, 0.15) is 0 Å². The van der Waals surface area contributed by atoms with Crippen molar-refractivity contribution in [2.45, 2.75) is 13.3 Å². The summed E-state index contributed by atoms with van der Waals surface area (Å²) in [7, 11) is 0. The molecule has 0 aliphatic heterocycles. The molecule has 0 fully saturated rings. The Labute approximate surface area is 119 Å². The minimum Gasteiger partial charge on any atom is -0.462 e. The lowest BCUT2D eigenvalue weighted by Gasteiger charge is -2.05. The number of aromatic nitrogens is 2. The van der Waals surface area contributed by atoms with Crippen molar-refractivity contribution in [1.82, 2.24) is 9.59 Å². The van der Waals surface area contributed by atoms with E-state index < -0.39 is 0 Å². The number of nitrogens with one attached hydrogen (secondary N) is 1. The van der Waals surface area contributed by atoms with Crippen LogP contribution in [0.15, 0.2) is 29.6 Å². The molecule has 2 aromatic rings. The molecule has 7 heteroatoms. The number of amides is 1. The summed E-state index contributed by atoms with van der Waals surface area (Å²) in [6.45, 7) is 2.33. The predicted molar refractivity (Wildman–Crippen MR) is 74.9 cm³/mol. The second-order valence-electron chi connectivity index (χ2n) is 3.96. The van der Waals surface area contributed by atoms with Crippen molar-refractivity contribution in [3.63, 3.8) is 0 Å². The van der Waals surface area contributed by atoms with Gasteiger partial charge in [-0.1, -0.05) is 11.4 Å². The highest BCUT2D eigenvalue weighted by Crippen LogP contribution is 2.12. The first-order valence-corrected chi connectivity index (χ1v) is 6.90. The van der Waals surface area contributed by atoms with Crippen LogP contribution < -0.4 is 5.32 Å². The van der Waals surface area contributed by atoms with Crippen LogP contribution in [0.2, 0.25) is 0 Å². The predicted octanol–water partition coefficient (Wildman–Crippen LogP) is 2.36. The molecule has 1 N–H and O–H groups in total. The smallest absolute Gasteiger partial charge is 0.338 e. The number of benzene rings is 1. The van der Waals surface area contributed by atoms with Gasteiger partial charge < -0.3 is 10.1 Å². The lowest BCUT2D eigenvalue weighted by atomic mass is 10.2. The molecular formula is C13H13N3O3S. The van der Waals surface area contributed by atoms with Gasteiger partial charge in [-0.05, 0) is 42.2 Å². The summed E-state index contributed by atoms with van der Waals surface area (Å²) in [6.07, 6.45) is 0.779. The van der Waals surface area contributed by atoms with Crippen molar-refractivity contribution in [1.29, 1.82) is 0 Å². The maximum atomic E-state index is 11.7. The van der Waals surface area contributed by atoms with E-state index in [1.165, 1.54) is 0 Å². The van der Waals surface area contributed by atoms with Gasteiger partial charge in [0.2, 0.25) is 0 Å². The van der Waals surface area contributed by atoms with Gasteiger partial charge in [0.25, 0.3) is 5.91 Å². The zero-order chi connectivity index (χ0) is 14.4. The summed E-state index contributed by atoms with van der Waals surface area (Å²) in [4.78, 5) is 23.3. The summed E-state index contributed by atoms with van der Waals surface area (Å²) < 4.78 is 8.63. The second-order valence-corrected chi connectivity index (χ2v) is 4.57. The first-order chi connectivity index (χ1) is 9.70. The largest absolute Gasteiger partial charge is 0.462 e. The highest BCUT2D eigenvalue weighted by Gasteiger charge is 2.10. The van der Waals surface area contributed by atoms with Gasteiger partial charge in [-0.2, -0.15) is 0 Å². The molecule has 1 aromatic heterocycles. The highest BCUT2D eigenvalue weighted by atomic mass is 32.1. The highest BCUT2D eigenvalue weighted by molar-refractivity contribution is 7.03. The number of esters is 1. The fraction of sp³-hybridized carbons (Fsp3) is 0.231. The molecule has 0 aliphatic rings. The lowest BCUT2D eigenvalue weighted by Crippen LogP contribution is -2.12. The number of anilines is 1. The van der Waals surface area contributed by atoms with E-state index in [-0.39, 0.29) is 17.6 Å². The molecular weight excluding hydrogens is 278 g/mol. The molecule has 0 spiro atoms. The molecule has 0 saturated heterocycles. The van der Waals surface area contributed by atoms with Crippen molar-refractivity contribution >= 4 is 29.1 Å². The van der Waals surface area contributed by atoms with Crippen LogP contribution in [0.5, 0.6) is 0 Å². The molecule has 6 nitrogen and oxygen atoms in total. The zero-order valence-corrected chi connectivity index (χ0v) is 11.6. The minimum absolute atomic E-state index is 0.265. The van der Waals surface area contributed by atoms with Crippen LogP contribution >= 0.6 is 11.5 Å². The third kappa shape index (κ3) is 3.61. The topological polar surface area (TPSA) is 81.2 Å². The summed E-state index contributed by atoms with van der Waals surface area (Å²) in [5.41, 5.74) is 1.29. The average molecular weight is 291 g/mol. The number of nitrogens with zero attached hydrogens (tertiary/aromatic N) is 2. The van der Waals surface area contributed by atoms with Crippen molar-refractivity contribution in [3.8, 4) is 0 Å². The molecule has 2 rings (SSSR count). The van der Waals surface area contributed by atoms with Gasteiger partial charge in [-0.3, -0.25) is 4.79 Å². The SMILES string of the molecule is CCCOC(=O)c1ccc(NC(=O)c2csnn2)cc1. The molecule has 0 saturated carbocycles. The molecule has 20 heavy (non-hydrogen) atoms. The molecule has 1 amide bonds. The van der Waals surface area contributed by atoms with E-state index >= 15 is 0 Å². The Bertz CT molecular complexity index is 581. The van der Waals surface area contributed by atoms with Gasteiger partial charge >= 0.3 is 5.97 Å². The van der Waals surface area contributed by atoms with Gasteiger partial charge in [0.05, 0.1) is 12.2 Å². The van der Waals surface area contributed by atoms with Crippen LogP contribution in [0.4, 0.5) is 5.69 Å². The Morgan fingerprint density at radius 2 is 2.05 bits per heavy atom. The summed E-state index contributed by atoms with van der Waals surface area (Å²) in [5.74, 6) is -0.700. The Balaban J connectivity index is 1.98. The van der Waals surface area contributed by atoms with Crippen LogP contribution in [0.3, 0.4) is 0 Å². The average Bonchev–Trinajstić information content (AvgIpc) is 3.00. The Morgan fingerprint density at radius 3 is 2.65 bits per heavy atom. The van der Waals surface area contributed by atoms with Crippen LogP contribution in [-0.4, -0.2) is 28.1 Å². The van der Waals surface area contributed by atoms with E-state index in [2.05, 4.69) is 14.9 Å². The number of hydrogen-bond donors (Lipinski definition) is 1. The van der Waals surface area contributed by atoms with E-state index in [1.807, 2.05) is 6.92 Å². The Hall–Kier alpha value is -2.28. The number of hydrogen-bond acceptors (Lipinski definition) is 6. The standard InChI is InChI=1S/C13H13N3O3S/c1-2-7-19-13(18)9-3-5-10(6-4-9)14-12(17)11-8-20-16-15-11/h3-6,8H,2,7H2,1H3,(H,14,17). The van der Waals surface area contributed by atoms with Gasteiger partial charge in [-0.15, -0.1) is 5.10 Å². The lowest BCUT2D eigenvalue weighted by molar-refractivity contribution is 0.0505. The molecule has 0 radical (unpaired) electrons. The summed E-state index contributed by atoms with van der Waals surface area (Å²) in [5, 5.41) is 7.90. The van der Waals surface area contributed by atoms with Gasteiger partial charge in [0, 0.05) is 11.1 Å². The van der Waals surface area contributed by atoms with Crippen LogP contribution in [0.25, 0.3) is 0 Å². The third-order valence-electron chi connectivity index (χ3n) is 2.41. The Morgan fingerprint density at radius 1 is 1.30 bits per heavy atom. The first-order valence-electron chi connectivity index (χ1n) is 6.06. The van der Waals surface area contributed by atoms with Crippen LogP contribution in [0, 0.1) is 0 Å². The summed E-state index contributed by atoms with van der Waals surface area (Å²) in [6, 6.07) is 6.49. The monoisotopic (exact) mass is 291 g/mol. The van der Waals surface area contributed by atoms with E-state index in [4.69, 9.17) is 4.74 Å². The second kappa shape index (κ2) is 6.76. The fourth-order valence-corrected chi connectivity index (χ4v) is 1.86. The molecule has 0 unspecified atom stereocenters. The summed E-state index contributed by atoms with van der Waals surface area (Å²) >= 11 is 1.11. The van der Waals surface area contributed by atoms with E-state index in [1.54, 1.807) is 29.6 Å². The van der Waals surface area contributed by atoms with Crippen molar-refractivity contribution in [2.24, 2.45) is 0 Å². The van der Waals surface area contributed by atoms with Crippen molar-refractivity contribution in [2.75, 3.05) is 11.9 Å². The number of carbonyl (C=O) groups is 2. The normalized spacial score (nSPS) is 10.1. The van der Waals surface area contributed by atoms with E-state index in [9.17, 15) is 9.59 Å². The maximum Gasteiger partial charge on any atom is 0.338 e. The van der Waals surface area contributed by atoms with Crippen molar-refractivity contribution in [3.05, 3.63) is 40.9 Å². The van der Waals surface area contributed by atoms with E-state index in [0.717, 1.165) is 18.0 Å². The number of rotatable bonds is 5. The van der Waals surface area contributed by atoms with E-state index in [0.29, 0.717) is 17.9 Å². The molecule has 0 atom stereocenters. The van der Waals surface area contributed by atoms with Gasteiger partial charge in [0.15, 0.2) is 5.69 Å². The van der Waals surface area contributed by atoms with Crippen molar-refractivity contribution < 1.29 is 14.3 Å². The van der Waals surface area contributed by atoms with Gasteiger partial charge in [-0.25, -0.2) is 4.79 Å². The molecule has 0 aliphatic carbocycles. The maximum absolute atomic E-state index is 11.7. The van der Waals surface area contributed by atoms with Crippen LogP contribution in [0.1, 0.15) is 34.2 Å². The minimum atomic E-state index is -0.367. The molecule has 0 bridgehead atoms. The fourth-order valence-electron chi connectivity index (χ4n) is 1.43. The quantitative estimate of drug-likeness (QED) is 0.855. The third-order valence-corrected chi connectivity index (χ3v) is 2.91. The number of ether oxygens (including phenoxy) is 1. The first kappa shape index (κ1) is 14.1. The van der Waals surface area contributed by atoms with Crippen LogP contribution in [-0.2, 0) is 4.74 Å². The molecule has 1 aromatic carbocycles. The molecule has 104 valence electrons.